The smallest absolute Gasteiger partial charge is 0.190 e. The monoisotopic (exact) mass is 484 g/mol. The predicted molar refractivity (Wildman–Crippen MR) is 123 cm³/mol. The zero-order chi connectivity index (χ0) is 17.3. The van der Waals surface area contributed by atoms with Gasteiger partial charge in [0, 0.05) is 44.6 Å². The van der Waals surface area contributed by atoms with Crippen molar-refractivity contribution in [2.45, 2.75) is 25.8 Å². The summed E-state index contributed by atoms with van der Waals surface area (Å²) >= 11 is 1.81. The normalized spacial score (nSPS) is 14.4. The highest BCUT2D eigenvalue weighted by Gasteiger charge is 2.14. The zero-order valence-corrected chi connectivity index (χ0v) is 18.6. The van der Waals surface area contributed by atoms with E-state index in [2.05, 4.69) is 62.3 Å². The molecule has 0 unspecified atom stereocenters. The molecule has 142 valence electrons. The number of nitrogens with one attached hydrogen (secondary N) is 2. The van der Waals surface area contributed by atoms with Crippen molar-refractivity contribution in [3.63, 3.8) is 0 Å². The van der Waals surface area contributed by atoms with Gasteiger partial charge in [-0.15, -0.1) is 35.3 Å². The molecule has 2 heterocycles. The Hall–Kier alpha value is -1.12. The van der Waals surface area contributed by atoms with E-state index in [1.807, 2.05) is 18.4 Å². The van der Waals surface area contributed by atoms with Crippen molar-refractivity contribution in [3.05, 3.63) is 57.8 Å². The van der Waals surface area contributed by atoms with Gasteiger partial charge >= 0.3 is 0 Å². The first-order chi connectivity index (χ1) is 12.3. The van der Waals surface area contributed by atoms with Gasteiger partial charge in [0.05, 0.1) is 0 Å². The molecule has 0 aliphatic carbocycles. The molecule has 0 saturated carbocycles. The molecule has 0 radical (unpaired) electrons. The summed E-state index contributed by atoms with van der Waals surface area (Å²) in [5.41, 5.74) is 3.01. The third-order valence-corrected chi connectivity index (χ3v) is 5.56. The highest BCUT2D eigenvalue weighted by molar-refractivity contribution is 14.0. The lowest BCUT2D eigenvalue weighted by Crippen LogP contribution is -2.40. The Kier molecular flexibility index (Phi) is 9.42. The van der Waals surface area contributed by atoms with Crippen molar-refractivity contribution in [2.24, 2.45) is 4.99 Å². The number of fused-ring (bicyclic) bond motifs is 1. The maximum Gasteiger partial charge on any atom is 0.190 e. The zero-order valence-electron chi connectivity index (χ0n) is 15.4. The first kappa shape index (κ1) is 21.2. The predicted octanol–water partition coefficient (Wildman–Crippen LogP) is 3.52. The van der Waals surface area contributed by atoms with Crippen molar-refractivity contribution in [3.8, 4) is 0 Å². The Balaban J connectivity index is 0.00000243. The molecule has 2 N–H and O–H groups in total. The van der Waals surface area contributed by atoms with Crippen LogP contribution >= 0.6 is 35.3 Å². The van der Waals surface area contributed by atoms with E-state index < -0.39 is 0 Å². The molecule has 6 heteroatoms. The molecule has 1 aliphatic heterocycles. The van der Waals surface area contributed by atoms with Crippen LogP contribution in [0.4, 0.5) is 0 Å². The van der Waals surface area contributed by atoms with Crippen LogP contribution in [0.3, 0.4) is 0 Å². The number of guanidine groups is 1. The molecule has 0 fully saturated rings. The maximum absolute atomic E-state index is 4.31. The Labute approximate surface area is 178 Å². The lowest BCUT2D eigenvalue weighted by molar-refractivity contribution is 0.251. The number of aliphatic imine (C=N–C) groups is 1. The van der Waals surface area contributed by atoms with Crippen LogP contribution in [0.1, 0.15) is 22.4 Å². The number of benzene rings is 1. The van der Waals surface area contributed by atoms with Gasteiger partial charge in [-0.25, -0.2) is 0 Å². The SMILES string of the molecule is CN=C(NCCCN1CCc2ccccc2C1)NCCc1cccs1.I. The van der Waals surface area contributed by atoms with E-state index in [0.29, 0.717) is 0 Å². The fourth-order valence-corrected chi connectivity index (χ4v) is 3.94. The molecular formula is C20H29IN4S. The van der Waals surface area contributed by atoms with Crippen LogP contribution in [-0.2, 0) is 19.4 Å². The van der Waals surface area contributed by atoms with E-state index >= 15 is 0 Å². The average Bonchev–Trinajstić information content (AvgIpc) is 3.17. The lowest BCUT2D eigenvalue weighted by atomic mass is 10.00. The molecule has 1 aromatic heterocycles. The average molecular weight is 484 g/mol. The largest absolute Gasteiger partial charge is 0.356 e. The molecule has 3 rings (SSSR count). The molecular weight excluding hydrogens is 455 g/mol. The fourth-order valence-electron chi connectivity index (χ4n) is 3.23. The Bertz CT molecular complexity index is 672. The van der Waals surface area contributed by atoms with Crippen molar-refractivity contribution in [2.75, 3.05) is 33.2 Å². The van der Waals surface area contributed by atoms with Crippen molar-refractivity contribution in [1.82, 2.24) is 15.5 Å². The third kappa shape index (κ3) is 6.55. The highest BCUT2D eigenvalue weighted by Crippen LogP contribution is 2.18. The van der Waals surface area contributed by atoms with E-state index in [9.17, 15) is 0 Å². The topological polar surface area (TPSA) is 39.7 Å². The molecule has 26 heavy (non-hydrogen) atoms. The van der Waals surface area contributed by atoms with Gasteiger partial charge in [0.15, 0.2) is 5.96 Å². The van der Waals surface area contributed by atoms with Crippen molar-refractivity contribution >= 4 is 41.3 Å². The van der Waals surface area contributed by atoms with Gasteiger partial charge in [0.25, 0.3) is 0 Å². The van der Waals surface area contributed by atoms with E-state index in [1.54, 1.807) is 0 Å². The summed E-state index contributed by atoms with van der Waals surface area (Å²) in [7, 11) is 1.84. The first-order valence-corrected chi connectivity index (χ1v) is 9.99. The van der Waals surface area contributed by atoms with Gasteiger partial charge in [0.2, 0.25) is 0 Å². The molecule has 2 aromatic rings. The van der Waals surface area contributed by atoms with E-state index in [0.717, 1.165) is 45.0 Å². The van der Waals surface area contributed by atoms with Gasteiger partial charge in [-0.05, 0) is 41.8 Å². The second-order valence-electron chi connectivity index (χ2n) is 6.40. The number of rotatable bonds is 7. The summed E-state index contributed by atoms with van der Waals surface area (Å²) in [4.78, 5) is 8.27. The minimum Gasteiger partial charge on any atom is -0.356 e. The van der Waals surface area contributed by atoms with Crippen LogP contribution in [0.5, 0.6) is 0 Å². The molecule has 0 atom stereocenters. The Morgan fingerprint density at radius 2 is 1.92 bits per heavy atom. The summed E-state index contributed by atoms with van der Waals surface area (Å²) < 4.78 is 0. The standard InChI is InChI=1S/C20H28N4S.HI/c1-21-20(23-12-9-19-8-4-15-25-19)22-11-5-13-24-14-10-17-6-2-3-7-18(17)16-24;/h2-4,6-8,15H,5,9-14,16H2,1H3,(H2,21,22,23);1H. The summed E-state index contributed by atoms with van der Waals surface area (Å²) in [5, 5.41) is 8.94. The molecule has 0 saturated heterocycles. The number of hydrogen-bond acceptors (Lipinski definition) is 3. The molecule has 1 aliphatic rings. The minimum absolute atomic E-state index is 0. The minimum atomic E-state index is 0. The van der Waals surface area contributed by atoms with E-state index in [4.69, 9.17) is 0 Å². The van der Waals surface area contributed by atoms with Gasteiger partial charge in [0.1, 0.15) is 0 Å². The van der Waals surface area contributed by atoms with Crippen LogP contribution < -0.4 is 10.6 Å². The summed E-state index contributed by atoms with van der Waals surface area (Å²) in [6, 6.07) is 13.1. The van der Waals surface area contributed by atoms with Crippen LogP contribution in [0, 0.1) is 0 Å². The van der Waals surface area contributed by atoms with Crippen LogP contribution in [0.15, 0.2) is 46.8 Å². The van der Waals surface area contributed by atoms with Crippen LogP contribution in [-0.4, -0.2) is 44.1 Å². The summed E-state index contributed by atoms with van der Waals surface area (Å²) in [6.07, 6.45) is 3.36. The Morgan fingerprint density at radius 3 is 2.69 bits per heavy atom. The molecule has 0 bridgehead atoms. The highest BCUT2D eigenvalue weighted by atomic mass is 127. The second-order valence-corrected chi connectivity index (χ2v) is 7.44. The van der Waals surface area contributed by atoms with E-state index in [-0.39, 0.29) is 24.0 Å². The van der Waals surface area contributed by atoms with Crippen molar-refractivity contribution in [1.29, 1.82) is 0 Å². The second kappa shape index (κ2) is 11.6. The Morgan fingerprint density at radius 1 is 1.12 bits per heavy atom. The van der Waals surface area contributed by atoms with E-state index in [1.165, 1.54) is 29.0 Å². The van der Waals surface area contributed by atoms with Gasteiger partial charge in [-0.3, -0.25) is 9.89 Å². The number of thiophene rings is 1. The van der Waals surface area contributed by atoms with Crippen LogP contribution in [0.2, 0.25) is 0 Å². The summed E-state index contributed by atoms with van der Waals surface area (Å²) in [5.74, 6) is 0.903. The third-order valence-electron chi connectivity index (χ3n) is 4.62. The fraction of sp³-hybridized carbons (Fsp3) is 0.450. The molecule has 0 spiro atoms. The van der Waals surface area contributed by atoms with Gasteiger partial charge in [-0.1, -0.05) is 30.3 Å². The molecule has 1 aromatic carbocycles. The van der Waals surface area contributed by atoms with Crippen molar-refractivity contribution < 1.29 is 0 Å². The molecule has 0 amide bonds. The van der Waals surface area contributed by atoms with Gasteiger partial charge < -0.3 is 10.6 Å². The summed E-state index contributed by atoms with van der Waals surface area (Å²) in [6.45, 7) is 5.27. The first-order valence-electron chi connectivity index (χ1n) is 9.11. The molecule has 4 nitrogen and oxygen atoms in total. The quantitative estimate of drug-likeness (QED) is 0.274. The number of halogens is 1. The lowest BCUT2D eigenvalue weighted by Gasteiger charge is -2.28. The van der Waals surface area contributed by atoms with Gasteiger partial charge in [-0.2, -0.15) is 0 Å². The number of hydrogen-bond donors (Lipinski definition) is 2. The van der Waals surface area contributed by atoms with Crippen LogP contribution in [0.25, 0.3) is 0 Å². The maximum atomic E-state index is 4.31. The number of nitrogens with zero attached hydrogens (tertiary/aromatic N) is 2.